The van der Waals surface area contributed by atoms with Gasteiger partial charge in [0.25, 0.3) is 5.91 Å². The molecule has 1 fully saturated rings. The number of rotatable bonds is 5. The summed E-state index contributed by atoms with van der Waals surface area (Å²) in [7, 11) is 0. The molecular formula is C19H21BrClN2O+. The predicted octanol–water partition coefficient (Wildman–Crippen LogP) is 3.25. The van der Waals surface area contributed by atoms with Crippen LogP contribution in [0.5, 0.6) is 0 Å². The molecule has 2 aromatic carbocycles. The van der Waals surface area contributed by atoms with Crippen LogP contribution in [0.15, 0.2) is 53.0 Å². The predicted molar refractivity (Wildman–Crippen MR) is 101 cm³/mol. The Balaban J connectivity index is 1.76. The molecule has 1 aliphatic rings. The third-order valence-corrected chi connectivity index (χ3v) is 5.64. The molecule has 0 aromatic heterocycles. The highest BCUT2D eigenvalue weighted by molar-refractivity contribution is 9.10. The van der Waals surface area contributed by atoms with Crippen LogP contribution in [0.4, 0.5) is 0 Å². The quantitative estimate of drug-likeness (QED) is 0.782. The van der Waals surface area contributed by atoms with Gasteiger partial charge in [-0.1, -0.05) is 41.9 Å². The average Bonchev–Trinajstić information content (AvgIpc) is 3.11. The highest BCUT2D eigenvalue weighted by atomic mass is 79.9. The molecule has 0 bridgehead atoms. The highest BCUT2D eigenvalue weighted by Gasteiger charge is 2.29. The fourth-order valence-corrected chi connectivity index (χ4v) is 4.08. The van der Waals surface area contributed by atoms with Gasteiger partial charge in [-0.3, -0.25) is 4.79 Å². The lowest BCUT2D eigenvalue weighted by atomic mass is 10.0. The van der Waals surface area contributed by atoms with Gasteiger partial charge >= 0.3 is 0 Å². The van der Waals surface area contributed by atoms with E-state index in [0.29, 0.717) is 12.1 Å². The summed E-state index contributed by atoms with van der Waals surface area (Å²) >= 11 is 9.86. The maximum atomic E-state index is 12.5. The molecular weight excluding hydrogens is 388 g/mol. The fraction of sp³-hybridized carbons (Fsp3) is 0.316. The SMILES string of the molecule is O=C(NC[C@H](c1ccccc1Cl)[NH+]1CCCC1)c1ccccc1Br. The second kappa shape index (κ2) is 8.15. The number of quaternary nitrogens is 1. The van der Waals surface area contributed by atoms with Gasteiger partial charge in [0.05, 0.1) is 25.2 Å². The number of hydrogen-bond acceptors (Lipinski definition) is 1. The zero-order valence-electron chi connectivity index (χ0n) is 13.4. The lowest BCUT2D eigenvalue weighted by Gasteiger charge is -2.26. The van der Waals surface area contributed by atoms with E-state index in [2.05, 4.69) is 27.3 Å². The molecule has 126 valence electrons. The summed E-state index contributed by atoms with van der Waals surface area (Å²) in [5.74, 6) is -0.0573. The van der Waals surface area contributed by atoms with Gasteiger partial charge in [0.2, 0.25) is 0 Å². The van der Waals surface area contributed by atoms with Crippen LogP contribution < -0.4 is 10.2 Å². The Morgan fingerprint density at radius 2 is 1.79 bits per heavy atom. The molecule has 1 amide bonds. The van der Waals surface area contributed by atoms with E-state index in [0.717, 1.165) is 28.1 Å². The molecule has 1 atom stereocenters. The topological polar surface area (TPSA) is 33.5 Å². The first-order valence-corrected chi connectivity index (χ1v) is 9.45. The Hall–Kier alpha value is -1.36. The molecule has 2 aromatic rings. The van der Waals surface area contributed by atoms with Crippen molar-refractivity contribution in [2.75, 3.05) is 19.6 Å². The minimum absolute atomic E-state index is 0.0573. The Morgan fingerprint density at radius 1 is 1.12 bits per heavy atom. The average molecular weight is 409 g/mol. The number of carbonyl (C=O) groups excluding carboxylic acids is 1. The fourth-order valence-electron chi connectivity index (χ4n) is 3.34. The van der Waals surface area contributed by atoms with E-state index in [1.165, 1.54) is 17.7 Å². The zero-order valence-corrected chi connectivity index (χ0v) is 15.7. The maximum absolute atomic E-state index is 12.5. The van der Waals surface area contributed by atoms with Crippen molar-refractivity contribution in [3.8, 4) is 0 Å². The minimum Gasteiger partial charge on any atom is -0.346 e. The van der Waals surface area contributed by atoms with E-state index < -0.39 is 0 Å². The van der Waals surface area contributed by atoms with Crippen LogP contribution in [0.2, 0.25) is 5.02 Å². The van der Waals surface area contributed by atoms with Crippen LogP contribution >= 0.6 is 27.5 Å². The summed E-state index contributed by atoms with van der Waals surface area (Å²) in [6.07, 6.45) is 2.46. The maximum Gasteiger partial charge on any atom is 0.252 e. The Morgan fingerprint density at radius 3 is 2.50 bits per heavy atom. The summed E-state index contributed by atoms with van der Waals surface area (Å²) in [6, 6.07) is 15.6. The van der Waals surface area contributed by atoms with E-state index in [1.807, 2.05) is 42.5 Å². The summed E-state index contributed by atoms with van der Waals surface area (Å²) in [5.41, 5.74) is 1.77. The van der Waals surface area contributed by atoms with Gasteiger partial charge in [-0.2, -0.15) is 0 Å². The van der Waals surface area contributed by atoms with Gasteiger partial charge in [-0.25, -0.2) is 0 Å². The van der Waals surface area contributed by atoms with Crippen molar-refractivity contribution in [3.05, 3.63) is 69.2 Å². The Bertz CT molecular complexity index is 716. The van der Waals surface area contributed by atoms with Gasteiger partial charge in [0.1, 0.15) is 6.04 Å². The number of carbonyl (C=O) groups is 1. The molecule has 0 radical (unpaired) electrons. The summed E-state index contributed by atoms with van der Waals surface area (Å²) < 4.78 is 0.810. The number of halogens is 2. The smallest absolute Gasteiger partial charge is 0.252 e. The summed E-state index contributed by atoms with van der Waals surface area (Å²) in [6.45, 7) is 2.83. The molecule has 1 heterocycles. The van der Waals surface area contributed by atoms with E-state index in [4.69, 9.17) is 11.6 Å². The normalized spacial score (nSPS) is 16.1. The van der Waals surface area contributed by atoms with Gasteiger partial charge in [-0.15, -0.1) is 0 Å². The molecule has 3 nitrogen and oxygen atoms in total. The first-order chi connectivity index (χ1) is 11.7. The zero-order chi connectivity index (χ0) is 16.9. The minimum atomic E-state index is -0.0573. The van der Waals surface area contributed by atoms with Crippen LogP contribution in [0.3, 0.4) is 0 Å². The lowest BCUT2D eigenvalue weighted by Crippen LogP contribution is -3.11. The van der Waals surface area contributed by atoms with Crippen molar-refractivity contribution < 1.29 is 9.69 Å². The van der Waals surface area contributed by atoms with Crippen LogP contribution in [0.25, 0.3) is 0 Å². The highest BCUT2D eigenvalue weighted by Crippen LogP contribution is 2.22. The van der Waals surface area contributed by atoms with Crippen LogP contribution in [0.1, 0.15) is 34.8 Å². The number of hydrogen-bond donors (Lipinski definition) is 2. The molecule has 0 unspecified atom stereocenters. The summed E-state index contributed by atoms with van der Waals surface area (Å²) in [5, 5.41) is 3.87. The summed E-state index contributed by atoms with van der Waals surface area (Å²) in [4.78, 5) is 14.0. The van der Waals surface area contributed by atoms with Crippen LogP contribution in [0, 0.1) is 0 Å². The number of benzene rings is 2. The monoisotopic (exact) mass is 407 g/mol. The van der Waals surface area contributed by atoms with E-state index >= 15 is 0 Å². The van der Waals surface area contributed by atoms with Gasteiger partial charge in [0, 0.05) is 27.9 Å². The molecule has 1 aliphatic heterocycles. The van der Waals surface area contributed by atoms with Crippen molar-refractivity contribution in [2.24, 2.45) is 0 Å². The van der Waals surface area contributed by atoms with Gasteiger partial charge in [-0.05, 0) is 34.1 Å². The number of amides is 1. The first kappa shape index (κ1) is 17.5. The molecule has 1 saturated heterocycles. The van der Waals surface area contributed by atoms with Crippen molar-refractivity contribution in [3.63, 3.8) is 0 Å². The second-order valence-electron chi connectivity index (χ2n) is 6.13. The molecule has 0 spiro atoms. The lowest BCUT2D eigenvalue weighted by molar-refractivity contribution is -0.918. The van der Waals surface area contributed by atoms with E-state index in [1.54, 1.807) is 0 Å². The van der Waals surface area contributed by atoms with Gasteiger partial charge in [0.15, 0.2) is 0 Å². The number of nitrogens with one attached hydrogen (secondary N) is 2. The van der Waals surface area contributed by atoms with Crippen molar-refractivity contribution in [1.82, 2.24) is 5.32 Å². The third kappa shape index (κ3) is 4.00. The third-order valence-electron chi connectivity index (χ3n) is 4.60. The first-order valence-electron chi connectivity index (χ1n) is 8.28. The van der Waals surface area contributed by atoms with Gasteiger partial charge < -0.3 is 10.2 Å². The second-order valence-corrected chi connectivity index (χ2v) is 7.39. The van der Waals surface area contributed by atoms with Crippen LogP contribution in [-0.4, -0.2) is 25.5 Å². The van der Waals surface area contributed by atoms with Crippen molar-refractivity contribution >= 4 is 33.4 Å². The molecule has 0 aliphatic carbocycles. The van der Waals surface area contributed by atoms with E-state index in [-0.39, 0.29) is 11.9 Å². The van der Waals surface area contributed by atoms with E-state index in [9.17, 15) is 4.79 Å². The Labute approximate surface area is 156 Å². The largest absolute Gasteiger partial charge is 0.346 e. The number of likely N-dealkylation sites (tertiary alicyclic amines) is 1. The standard InChI is InChI=1S/C19H20BrClN2O/c20-16-9-3-1-7-14(16)19(24)22-13-18(23-11-5-6-12-23)15-8-2-4-10-17(15)21/h1-4,7-10,18H,5-6,11-13H2,(H,22,24)/p+1/t18-/m1/s1. The molecule has 0 saturated carbocycles. The molecule has 5 heteroatoms. The Kier molecular flexibility index (Phi) is 5.93. The van der Waals surface area contributed by atoms with Crippen molar-refractivity contribution in [2.45, 2.75) is 18.9 Å². The van der Waals surface area contributed by atoms with Crippen molar-refractivity contribution in [1.29, 1.82) is 0 Å². The van der Waals surface area contributed by atoms with Crippen LogP contribution in [-0.2, 0) is 0 Å². The molecule has 24 heavy (non-hydrogen) atoms. The molecule has 3 rings (SSSR count). The molecule has 2 N–H and O–H groups in total.